The van der Waals surface area contributed by atoms with Crippen molar-refractivity contribution in [1.29, 1.82) is 0 Å². The molecule has 1 aromatic carbocycles. The van der Waals surface area contributed by atoms with Gasteiger partial charge in [0.15, 0.2) is 0 Å². The number of halogens is 4. The number of rotatable bonds is 5. The van der Waals surface area contributed by atoms with Crippen molar-refractivity contribution in [3.8, 4) is 0 Å². The van der Waals surface area contributed by atoms with E-state index in [9.17, 15) is 0 Å². The molecule has 2 rings (SSSR count). The van der Waals surface area contributed by atoms with Gasteiger partial charge in [-0.15, -0.1) is 11.3 Å². The lowest BCUT2D eigenvalue weighted by Crippen LogP contribution is -2.23. The summed E-state index contributed by atoms with van der Waals surface area (Å²) in [6.45, 7) is 3.14. The van der Waals surface area contributed by atoms with Gasteiger partial charge in [0.2, 0.25) is 0 Å². The minimum atomic E-state index is 0.150. The lowest BCUT2D eigenvalue weighted by atomic mass is 10.0. The number of hydrogen-bond donors (Lipinski definition) is 1. The maximum absolute atomic E-state index is 6.18. The molecule has 0 aliphatic carbocycles. The molecule has 108 valence electrons. The third kappa shape index (κ3) is 4.20. The number of benzene rings is 1. The van der Waals surface area contributed by atoms with Gasteiger partial charge in [0.05, 0.1) is 13.6 Å². The van der Waals surface area contributed by atoms with Crippen LogP contribution in [0, 0.1) is 3.57 Å². The van der Waals surface area contributed by atoms with E-state index in [2.05, 4.69) is 84.9 Å². The standard InChI is InChI=1S/C14H13Br2ClINS/c1-2-5-19-13(10-7-12(15)20-14(10)16)9-6-8(17)3-4-11(9)18/h3-4,6-7,13,19H,2,5H2,1H3. The lowest BCUT2D eigenvalue weighted by Gasteiger charge is -2.20. The summed E-state index contributed by atoms with van der Waals surface area (Å²) in [5.74, 6) is 0. The fourth-order valence-electron chi connectivity index (χ4n) is 1.96. The minimum Gasteiger partial charge on any atom is -0.306 e. The Hall–Kier alpha value is 0.860. The second-order valence-electron chi connectivity index (χ2n) is 4.33. The van der Waals surface area contributed by atoms with Crippen molar-refractivity contribution >= 4 is 77.4 Å². The molecule has 1 aromatic heterocycles. The summed E-state index contributed by atoms with van der Waals surface area (Å²) in [4.78, 5) is 0. The van der Waals surface area contributed by atoms with E-state index >= 15 is 0 Å². The molecule has 0 amide bonds. The van der Waals surface area contributed by atoms with Gasteiger partial charge < -0.3 is 5.32 Å². The quantitative estimate of drug-likeness (QED) is 0.414. The Morgan fingerprint density at radius 3 is 2.65 bits per heavy atom. The molecule has 20 heavy (non-hydrogen) atoms. The number of hydrogen-bond acceptors (Lipinski definition) is 2. The van der Waals surface area contributed by atoms with Gasteiger partial charge in [-0.25, -0.2) is 0 Å². The summed E-state index contributed by atoms with van der Waals surface area (Å²) in [6.07, 6.45) is 1.09. The van der Waals surface area contributed by atoms with Gasteiger partial charge in [-0.3, -0.25) is 0 Å². The van der Waals surface area contributed by atoms with Gasteiger partial charge in [0.1, 0.15) is 0 Å². The first-order valence-electron chi connectivity index (χ1n) is 6.16. The average Bonchev–Trinajstić information content (AvgIpc) is 2.73. The van der Waals surface area contributed by atoms with Gasteiger partial charge in [-0.05, 0) is 103 Å². The summed E-state index contributed by atoms with van der Waals surface area (Å²) in [5, 5.41) is 4.39. The Balaban J connectivity index is 2.46. The molecule has 0 aliphatic heterocycles. The van der Waals surface area contributed by atoms with Crippen molar-refractivity contribution in [3.05, 3.63) is 51.6 Å². The molecular formula is C14H13Br2ClINS. The molecule has 0 radical (unpaired) electrons. The average molecular weight is 549 g/mol. The molecule has 0 saturated carbocycles. The zero-order valence-electron chi connectivity index (χ0n) is 10.7. The monoisotopic (exact) mass is 547 g/mol. The first-order chi connectivity index (χ1) is 9.52. The molecule has 1 nitrogen and oxygen atoms in total. The normalized spacial score (nSPS) is 12.7. The Morgan fingerprint density at radius 1 is 1.30 bits per heavy atom. The van der Waals surface area contributed by atoms with Gasteiger partial charge in [-0.1, -0.05) is 18.5 Å². The van der Waals surface area contributed by atoms with Crippen molar-refractivity contribution in [1.82, 2.24) is 5.32 Å². The molecule has 0 fully saturated rings. The van der Waals surface area contributed by atoms with Crippen molar-refractivity contribution in [3.63, 3.8) is 0 Å². The fourth-order valence-corrected chi connectivity index (χ4v) is 5.69. The van der Waals surface area contributed by atoms with Crippen LogP contribution in [-0.4, -0.2) is 6.54 Å². The van der Waals surface area contributed by atoms with Crippen LogP contribution < -0.4 is 5.32 Å². The molecule has 1 heterocycles. The SMILES string of the molecule is CCCNC(c1cc(Cl)ccc1I)c1cc(Br)sc1Br. The van der Waals surface area contributed by atoms with Gasteiger partial charge in [0, 0.05) is 8.59 Å². The molecule has 0 saturated heterocycles. The lowest BCUT2D eigenvalue weighted by molar-refractivity contribution is 0.596. The molecular weight excluding hydrogens is 536 g/mol. The maximum atomic E-state index is 6.18. The van der Waals surface area contributed by atoms with Crippen molar-refractivity contribution in [2.24, 2.45) is 0 Å². The molecule has 0 aliphatic rings. The highest BCUT2D eigenvalue weighted by atomic mass is 127. The topological polar surface area (TPSA) is 12.0 Å². The Labute approximate surface area is 158 Å². The summed E-state index contributed by atoms with van der Waals surface area (Å²) >= 11 is 17.5. The van der Waals surface area contributed by atoms with Crippen LogP contribution in [0.2, 0.25) is 5.02 Å². The molecule has 1 atom stereocenters. The molecule has 0 bridgehead atoms. The summed E-state index contributed by atoms with van der Waals surface area (Å²) < 4.78 is 3.49. The summed E-state index contributed by atoms with van der Waals surface area (Å²) in [7, 11) is 0. The highest BCUT2D eigenvalue weighted by Crippen LogP contribution is 2.39. The van der Waals surface area contributed by atoms with Crippen LogP contribution in [0.3, 0.4) is 0 Å². The van der Waals surface area contributed by atoms with E-state index in [1.54, 1.807) is 11.3 Å². The predicted molar refractivity (Wildman–Crippen MR) is 104 cm³/mol. The van der Waals surface area contributed by atoms with Crippen LogP contribution in [0.15, 0.2) is 31.8 Å². The van der Waals surface area contributed by atoms with Crippen molar-refractivity contribution < 1.29 is 0 Å². The van der Waals surface area contributed by atoms with Crippen LogP contribution in [0.4, 0.5) is 0 Å². The molecule has 2 aromatic rings. The molecule has 1 unspecified atom stereocenters. The van der Waals surface area contributed by atoms with Crippen LogP contribution in [0.25, 0.3) is 0 Å². The zero-order chi connectivity index (χ0) is 14.7. The van der Waals surface area contributed by atoms with E-state index in [0.29, 0.717) is 0 Å². The first kappa shape index (κ1) is 17.2. The number of thiophene rings is 1. The van der Waals surface area contributed by atoms with Crippen LogP contribution in [0.5, 0.6) is 0 Å². The van der Waals surface area contributed by atoms with Crippen LogP contribution >= 0.6 is 77.4 Å². The Bertz CT molecular complexity index is 603. The second kappa shape index (κ2) is 7.92. The van der Waals surface area contributed by atoms with E-state index in [4.69, 9.17) is 11.6 Å². The summed E-state index contributed by atoms with van der Waals surface area (Å²) in [6, 6.07) is 8.36. The largest absolute Gasteiger partial charge is 0.306 e. The summed E-state index contributed by atoms with van der Waals surface area (Å²) in [5.41, 5.74) is 2.47. The molecule has 0 spiro atoms. The maximum Gasteiger partial charge on any atom is 0.0761 e. The smallest absolute Gasteiger partial charge is 0.0761 e. The molecule has 6 heteroatoms. The van der Waals surface area contributed by atoms with Crippen LogP contribution in [0.1, 0.15) is 30.5 Å². The van der Waals surface area contributed by atoms with Crippen LogP contribution in [-0.2, 0) is 0 Å². The Kier molecular flexibility index (Phi) is 6.82. The van der Waals surface area contributed by atoms with E-state index in [0.717, 1.165) is 25.6 Å². The van der Waals surface area contributed by atoms with E-state index < -0.39 is 0 Å². The van der Waals surface area contributed by atoms with Gasteiger partial charge in [0.25, 0.3) is 0 Å². The van der Waals surface area contributed by atoms with Crippen molar-refractivity contribution in [2.45, 2.75) is 19.4 Å². The van der Waals surface area contributed by atoms with E-state index in [1.165, 1.54) is 14.7 Å². The highest BCUT2D eigenvalue weighted by molar-refractivity contribution is 14.1. The van der Waals surface area contributed by atoms with E-state index in [1.807, 2.05) is 6.07 Å². The fraction of sp³-hybridized carbons (Fsp3) is 0.286. The number of nitrogens with one attached hydrogen (secondary N) is 1. The van der Waals surface area contributed by atoms with Gasteiger partial charge >= 0.3 is 0 Å². The third-order valence-electron chi connectivity index (χ3n) is 2.86. The van der Waals surface area contributed by atoms with Crippen molar-refractivity contribution in [2.75, 3.05) is 6.54 Å². The highest BCUT2D eigenvalue weighted by Gasteiger charge is 2.21. The molecule has 1 N–H and O–H groups in total. The Morgan fingerprint density at radius 2 is 2.05 bits per heavy atom. The predicted octanol–water partition coefficient (Wildman–Crippen LogP) is 6.62. The van der Waals surface area contributed by atoms with E-state index in [-0.39, 0.29) is 6.04 Å². The zero-order valence-corrected chi connectivity index (χ0v) is 17.6. The van der Waals surface area contributed by atoms with Gasteiger partial charge in [-0.2, -0.15) is 0 Å². The first-order valence-corrected chi connectivity index (χ1v) is 10.0. The minimum absolute atomic E-state index is 0.150. The third-order valence-corrected chi connectivity index (χ3v) is 6.46. The second-order valence-corrected chi connectivity index (χ2v) is 9.68.